The minimum Gasteiger partial charge on any atom is -0.490 e. The van der Waals surface area contributed by atoms with E-state index in [-0.39, 0.29) is 0 Å². The van der Waals surface area contributed by atoms with Crippen molar-refractivity contribution < 1.29 is 9.47 Å². The van der Waals surface area contributed by atoms with Crippen molar-refractivity contribution in [1.29, 1.82) is 0 Å². The van der Waals surface area contributed by atoms with E-state index in [1.165, 1.54) is 5.12 Å². The van der Waals surface area contributed by atoms with Crippen LogP contribution in [0.15, 0.2) is 16.7 Å². The number of hydrazone groups is 1. The maximum Gasteiger partial charge on any atom is 0.252 e. The van der Waals surface area contributed by atoms with Crippen LogP contribution in [0.2, 0.25) is 0 Å². The minimum absolute atomic E-state index is 0.560. The van der Waals surface area contributed by atoms with Crippen molar-refractivity contribution in [2.24, 2.45) is 5.10 Å². The summed E-state index contributed by atoms with van der Waals surface area (Å²) in [7, 11) is 4.89. The predicted octanol–water partition coefficient (Wildman–Crippen LogP) is -0.116. The van der Waals surface area contributed by atoms with Gasteiger partial charge in [0, 0.05) is 7.05 Å². The van der Waals surface area contributed by atoms with Crippen LogP contribution in [-0.4, -0.2) is 32.6 Å². The second-order valence-corrected chi connectivity index (χ2v) is 1.98. The number of nitrogens with zero attached hydrogens (tertiary/aromatic N) is 2. The molecular formula is C6H11N3O2. The summed E-state index contributed by atoms with van der Waals surface area (Å²) in [6.45, 7) is 0. The van der Waals surface area contributed by atoms with Gasteiger partial charge in [-0.2, -0.15) is 5.10 Å². The highest BCUT2D eigenvalue weighted by atomic mass is 16.5. The Morgan fingerprint density at radius 3 is 2.73 bits per heavy atom. The molecule has 0 aromatic carbocycles. The Morgan fingerprint density at radius 1 is 1.45 bits per heavy atom. The zero-order valence-electron chi connectivity index (χ0n) is 6.79. The van der Waals surface area contributed by atoms with Gasteiger partial charge in [-0.3, -0.25) is 0 Å². The van der Waals surface area contributed by atoms with Gasteiger partial charge in [0.1, 0.15) is 0 Å². The normalized spacial score (nSPS) is 16.5. The van der Waals surface area contributed by atoms with Gasteiger partial charge in [-0.25, -0.2) is 10.5 Å². The summed E-state index contributed by atoms with van der Waals surface area (Å²) in [5.41, 5.74) is 2.83. The summed E-state index contributed by atoms with van der Waals surface area (Å²) < 4.78 is 9.93. The van der Waals surface area contributed by atoms with Gasteiger partial charge >= 0.3 is 0 Å². The van der Waals surface area contributed by atoms with Crippen LogP contribution < -0.4 is 5.43 Å². The Labute approximate surface area is 65.2 Å². The molecule has 5 heteroatoms. The molecule has 0 bridgehead atoms. The molecule has 1 heterocycles. The average Bonchev–Trinajstić information content (AvgIpc) is 2.04. The first-order valence-electron chi connectivity index (χ1n) is 3.14. The van der Waals surface area contributed by atoms with E-state index in [9.17, 15) is 0 Å². The van der Waals surface area contributed by atoms with E-state index in [1.807, 2.05) is 0 Å². The van der Waals surface area contributed by atoms with E-state index in [0.717, 1.165) is 0 Å². The molecule has 0 aromatic heterocycles. The summed E-state index contributed by atoms with van der Waals surface area (Å²) in [4.78, 5) is 0. The van der Waals surface area contributed by atoms with E-state index < -0.39 is 0 Å². The van der Waals surface area contributed by atoms with E-state index >= 15 is 0 Å². The average molecular weight is 157 g/mol. The van der Waals surface area contributed by atoms with Crippen LogP contribution in [0.5, 0.6) is 0 Å². The van der Waals surface area contributed by atoms with Crippen LogP contribution in [0, 0.1) is 0 Å². The molecule has 1 aliphatic rings. The summed E-state index contributed by atoms with van der Waals surface area (Å²) in [6.07, 6.45) is 1.58. The van der Waals surface area contributed by atoms with Crippen molar-refractivity contribution in [2.75, 3.05) is 21.3 Å². The van der Waals surface area contributed by atoms with Crippen LogP contribution in [0.25, 0.3) is 0 Å². The molecular weight excluding hydrogens is 146 g/mol. The van der Waals surface area contributed by atoms with Gasteiger partial charge in [0.2, 0.25) is 5.76 Å². The number of hydrogen-bond donors (Lipinski definition) is 1. The van der Waals surface area contributed by atoms with Gasteiger partial charge < -0.3 is 9.47 Å². The van der Waals surface area contributed by atoms with Crippen molar-refractivity contribution in [2.45, 2.75) is 0 Å². The second-order valence-electron chi connectivity index (χ2n) is 1.98. The highest BCUT2D eigenvalue weighted by Gasteiger charge is 2.11. The molecule has 0 amide bonds. The predicted molar refractivity (Wildman–Crippen MR) is 40.4 cm³/mol. The maximum absolute atomic E-state index is 4.98. The summed E-state index contributed by atoms with van der Waals surface area (Å²) in [5, 5.41) is 5.44. The van der Waals surface area contributed by atoms with Gasteiger partial charge in [0.05, 0.1) is 20.4 Å². The van der Waals surface area contributed by atoms with Crippen LogP contribution in [0.1, 0.15) is 0 Å². The molecule has 0 aromatic rings. The molecule has 1 rings (SSSR count). The number of allylic oxidation sites excluding steroid dienone is 1. The molecule has 0 saturated heterocycles. The standard InChI is InChI=1S/C6H11N3O2/c1-9-7-4-5(10-2)6(8-9)11-3/h4,8H,1-3H3. The van der Waals surface area contributed by atoms with Crippen LogP contribution in [-0.2, 0) is 9.47 Å². The van der Waals surface area contributed by atoms with Crippen molar-refractivity contribution >= 4 is 6.21 Å². The first kappa shape index (κ1) is 7.71. The second kappa shape index (κ2) is 3.14. The lowest BCUT2D eigenvalue weighted by atomic mass is 10.5. The van der Waals surface area contributed by atoms with Gasteiger partial charge in [-0.15, -0.1) is 0 Å². The van der Waals surface area contributed by atoms with Crippen molar-refractivity contribution in [3.8, 4) is 0 Å². The number of nitrogens with one attached hydrogen (secondary N) is 1. The first-order valence-corrected chi connectivity index (χ1v) is 3.14. The topological polar surface area (TPSA) is 46.1 Å². The smallest absolute Gasteiger partial charge is 0.252 e. The zero-order valence-corrected chi connectivity index (χ0v) is 6.79. The van der Waals surface area contributed by atoms with Crippen LogP contribution in [0.3, 0.4) is 0 Å². The lowest BCUT2D eigenvalue weighted by Crippen LogP contribution is -2.34. The fourth-order valence-electron chi connectivity index (χ4n) is 0.720. The quantitative estimate of drug-likeness (QED) is 0.607. The highest BCUT2D eigenvalue weighted by Crippen LogP contribution is 2.05. The van der Waals surface area contributed by atoms with Gasteiger partial charge in [-0.05, 0) is 0 Å². The Bertz CT molecular complexity index is 200. The molecule has 5 nitrogen and oxygen atoms in total. The fourth-order valence-corrected chi connectivity index (χ4v) is 0.720. The molecule has 0 radical (unpaired) electrons. The molecule has 0 spiro atoms. The lowest BCUT2D eigenvalue weighted by molar-refractivity contribution is 0.139. The molecule has 0 unspecified atom stereocenters. The Balaban J connectivity index is 2.76. The van der Waals surface area contributed by atoms with Crippen molar-refractivity contribution in [1.82, 2.24) is 10.5 Å². The van der Waals surface area contributed by atoms with Gasteiger partial charge in [-0.1, -0.05) is 0 Å². The molecule has 0 saturated carbocycles. The SMILES string of the molecule is COC1=C(OC)NN(C)N=C1. The van der Waals surface area contributed by atoms with E-state index in [2.05, 4.69) is 10.5 Å². The number of rotatable bonds is 2. The minimum atomic E-state index is 0.560. The summed E-state index contributed by atoms with van der Waals surface area (Å²) in [6, 6.07) is 0. The zero-order chi connectivity index (χ0) is 8.27. The molecule has 1 aliphatic heterocycles. The summed E-state index contributed by atoms with van der Waals surface area (Å²) in [5.74, 6) is 1.15. The number of ether oxygens (including phenoxy) is 2. The van der Waals surface area contributed by atoms with E-state index in [1.54, 1.807) is 27.5 Å². The third-order valence-corrected chi connectivity index (χ3v) is 1.26. The Hall–Kier alpha value is -1.39. The number of methoxy groups -OCH3 is 2. The number of hydrazine groups is 1. The fraction of sp³-hybridized carbons (Fsp3) is 0.500. The molecule has 0 aliphatic carbocycles. The lowest BCUT2D eigenvalue weighted by Gasteiger charge is -2.21. The molecule has 1 N–H and O–H groups in total. The van der Waals surface area contributed by atoms with Crippen molar-refractivity contribution in [3.05, 3.63) is 11.6 Å². The van der Waals surface area contributed by atoms with Gasteiger partial charge in [0.25, 0.3) is 5.88 Å². The number of hydrogen-bond acceptors (Lipinski definition) is 5. The maximum atomic E-state index is 4.98. The van der Waals surface area contributed by atoms with Crippen LogP contribution >= 0.6 is 0 Å². The van der Waals surface area contributed by atoms with Crippen molar-refractivity contribution in [3.63, 3.8) is 0 Å². The van der Waals surface area contributed by atoms with Crippen LogP contribution in [0.4, 0.5) is 0 Å². The van der Waals surface area contributed by atoms with E-state index in [0.29, 0.717) is 11.6 Å². The monoisotopic (exact) mass is 157 g/mol. The summed E-state index contributed by atoms with van der Waals surface area (Å²) >= 11 is 0. The Morgan fingerprint density at radius 2 is 2.18 bits per heavy atom. The molecule has 62 valence electrons. The Kier molecular flexibility index (Phi) is 2.20. The molecule has 11 heavy (non-hydrogen) atoms. The van der Waals surface area contributed by atoms with Gasteiger partial charge in [0.15, 0.2) is 0 Å². The third-order valence-electron chi connectivity index (χ3n) is 1.26. The molecule has 0 atom stereocenters. The third kappa shape index (κ3) is 1.54. The highest BCUT2D eigenvalue weighted by molar-refractivity contribution is 5.76. The van der Waals surface area contributed by atoms with E-state index in [4.69, 9.17) is 9.47 Å². The molecule has 0 fully saturated rings. The largest absolute Gasteiger partial charge is 0.490 e. The first-order chi connectivity index (χ1) is 5.27.